The largest absolute Gasteiger partial charge is 0.495 e. The predicted octanol–water partition coefficient (Wildman–Crippen LogP) is 2.14. The van der Waals surface area contributed by atoms with Crippen LogP contribution in [0.25, 0.3) is 0 Å². The highest BCUT2D eigenvalue weighted by Gasteiger charge is 2.23. The summed E-state index contributed by atoms with van der Waals surface area (Å²) in [5.41, 5.74) is -0.385. The maximum Gasteiger partial charge on any atom is 0.183 e. The van der Waals surface area contributed by atoms with Gasteiger partial charge in [-0.3, -0.25) is 4.79 Å². The lowest BCUT2D eigenvalue weighted by atomic mass is 10.1. The Bertz CT molecular complexity index is 424. The zero-order valence-electron chi connectivity index (χ0n) is 8.73. The minimum absolute atomic E-state index is 0.000787. The van der Waals surface area contributed by atoms with Gasteiger partial charge < -0.3 is 10.1 Å². The van der Waals surface area contributed by atoms with Gasteiger partial charge in [0.1, 0.15) is 11.3 Å². The second-order valence-electron chi connectivity index (χ2n) is 3.02. The molecule has 0 amide bonds. The van der Waals surface area contributed by atoms with Crippen molar-refractivity contribution in [3.63, 3.8) is 0 Å². The van der Waals surface area contributed by atoms with E-state index in [2.05, 4.69) is 21.2 Å². The van der Waals surface area contributed by atoms with Gasteiger partial charge >= 0.3 is 0 Å². The molecule has 6 heteroatoms. The third-order valence-electron chi connectivity index (χ3n) is 1.95. The first-order valence-corrected chi connectivity index (χ1v) is 5.21. The molecule has 0 saturated heterocycles. The Hall–Kier alpha value is -1.01. The number of benzene rings is 1. The molecule has 1 rings (SSSR count). The summed E-state index contributed by atoms with van der Waals surface area (Å²) in [5.74, 6) is -2.86. The third kappa shape index (κ3) is 2.38. The average molecular weight is 294 g/mol. The zero-order valence-corrected chi connectivity index (χ0v) is 10.3. The van der Waals surface area contributed by atoms with Crippen molar-refractivity contribution in [1.29, 1.82) is 0 Å². The number of carbonyl (C=O) groups excluding carboxylic acids is 1. The van der Waals surface area contributed by atoms with E-state index in [0.29, 0.717) is 0 Å². The maximum atomic E-state index is 13.5. The molecule has 0 saturated carbocycles. The van der Waals surface area contributed by atoms with Crippen LogP contribution in [0.3, 0.4) is 0 Å². The number of hydrogen-bond donors (Lipinski definition) is 1. The first-order chi connectivity index (χ1) is 7.52. The lowest BCUT2D eigenvalue weighted by Gasteiger charge is -2.11. The second-order valence-corrected chi connectivity index (χ2v) is 3.87. The summed E-state index contributed by atoms with van der Waals surface area (Å²) in [7, 11) is 2.82. The molecule has 0 atom stereocenters. The molecule has 0 radical (unpaired) electrons. The minimum atomic E-state index is -1.19. The van der Waals surface area contributed by atoms with Crippen molar-refractivity contribution < 1.29 is 18.3 Å². The molecule has 0 aliphatic rings. The quantitative estimate of drug-likeness (QED) is 0.683. The maximum absolute atomic E-state index is 13.5. The molecule has 0 heterocycles. The van der Waals surface area contributed by atoms with Crippen LogP contribution in [0, 0.1) is 11.6 Å². The number of ether oxygens (including phenoxy) is 1. The molecule has 0 aromatic heterocycles. The highest BCUT2D eigenvalue weighted by Crippen LogP contribution is 2.32. The molecule has 0 unspecified atom stereocenters. The van der Waals surface area contributed by atoms with Gasteiger partial charge in [0.15, 0.2) is 17.4 Å². The fourth-order valence-corrected chi connectivity index (χ4v) is 1.84. The Labute approximate surface area is 99.9 Å². The molecular formula is C10H10BrF2NO2. The first-order valence-electron chi connectivity index (χ1n) is 4.42. The van der Waals surface area contributed by atoms with E-state index in [4.69, 9.17) is 4.74 Å². The van der Waals surface area contributed by atoms with Crippen LogP contribution >= 0.6 is 15.9 Å². The van der Waals surface area contributed by atoms with Gasteiger partial charge in [0.05, 0.1) is 18.1 Å². The lowest BCUT2D eigenvalue weighted by Crippen LogP contribution is -2.21. The molecule has 88 valence electrons. The van der Waals surface area contributed by atoms with E-state index in [1.807, 2.05) is 0 Å². The van der Waals surface area contributed by atoms with E-state index in [1.54, 1.807) is 0 Å². The van der Waals surface area contributed by atoms with Gasteiger partial charge in [0, 0.05) is 0 Å². The van der Waals surface area contributed by atoms with Gasteiger partial charge in [-0.2, -0.15) is 0 Å². The van der Waals surface area contributed by atoms with Crippen molar-refractivity contribution >= 4 is 21.7 Å². The number of Topliss-reactive ketones (excluding diaryl/α,β-unsaturated/α-hetero) is 1. The number of likely N-dealkylation sites (N-methyl/N-ethyl adjacent to an activating group) is 1. The third-order valence-corrected chi connectivity index (χ3v) is 2.54. The second kappa shape index (κ2) is 5.36. The van der Waals surface area contributed by atoms with Crippen LogP contribution in [0.4, 0.5) is 8.78 Å². The average Bonchev–Trinajstić information content (AvgIpc) is 2.23. The Morgan fingerprint density at radius 1 is 1.56 bits per heavy atom. The molecule has 1 aromatic carbocycles. The Morgan fingerprint density at radius 2 is 2.19 bits per heavy atom. The van der Waals surface area contributed by atoms with Gasteiger partial charge in [-0.25, -0.2) is 8.78 Å². The van der Waals surface area contributed by atoms with Crippen molar-refractivity contribution in [2.24, 2.45) is 0 Å². The predicted molar refractivity (Wildman–Crippen MR) is 58.9 cm³/mol. The highest BCUT2D eigenvalue weighted by atomic mass is 79.9. The van der Waals surface area contributed by atoms with Gasteiger partial charge in [0.25, 0.3) is 0 Å². The van der Waals surface area contributed by atoms with Crippen LogP contribution in [0.15, 0.2) is 10.5 Å². The molecule has 3 nitrogen and oxygen atoms in total. The van der Waals surface area contributed by atoms with Crippen LogP contribution in [0.2, 0.25) is 0 Å². The monoisotopic (exact) mass is 293 g/mol. The molecule has 0 bridgehead atoms. The van der Waals surface area contributed by atoms with Crippen LogP contribution in [-0.2, 0) is 0 Å². The summed E-state index contributed by atoms with van der Waals surface area (Å²) in [6.07, 6.45) is 0. The van der Waals surface area contributed by atoms with E-state index in [1.165, 1.54) is 14.2 Å². The Morgan fingerprint density at radius 3 is 2.69 bits per heavy atom. The molecule has 16 heavy (non-hydrogen) atoms. The van der Waals surface area contributed by atoms with Crippen LogP contribution in [0.5, 0.6) is 5.75 Å². The van der Waals surface area contributed by atoms with E-state index in [9.17, 15) is 13.6 Å². The van der Waals surface area contributed by atoms with Gasteiger partial charge in [0.2, 0.25) is 0 Å². The standard InChI is InChI=1S/C10H10BrF2NO2/c1-14-4-7(15)8-9(13)6(12)3-5(11)10(8)16-2/h3,14H,4H2,1-2H3. The fraction of sp³-hybridized carbons (Fsp3) is 0.300. The molecule has 0 spiro atoms. The lowest BCUT2D eigenvalue weighted by molar-refractivity contribution is 0.0985. The van der Waals surface area contributed by atoms with Crippen molar-refractivity contribution in [2.45, 2.75) is 0 Å². The minimum Gasteiger partial charge on any atom is -0.495 e. The smallest absolute Gasteiger partial charge is 0.183 e. The number of rotatable bonds is 4. The van der Waals surface area contributed by atoms with Crippen molar-refractivity contribution in [3.05, 3.63) is 27.7 Å². The molecule has 0 aliphatic carbocycles. The number of methoxy groups -OCH3 is 1. The SMILES string of the molecule is CNCC(=O)c1c(F)c(F)cc(Br)c1OC. The summed E-state index contributed by atoms with van der Waals surface area (Å²) in [6, 6.07) is 0.921. The number of ketones is 1. The summed E-state index contributed by atoms with van der Waals surface area (Å²) in [5, 5.41) is 2.57. The van der Waals surface area contributed by atoms with Crippen molar-refractivity contribution in [1.82, 2.24) is 5.32 Å². The number of carbonyl (C=O) groups is 1. The summed E-state index contributed by atoms with van der Waals surface area (Å²) in [4.78, 5) is 11.6. The van der Waals surface area contributed by atoms with Gasteiger partial charge in [-0.05, 0) is 29.0 Å². The zero-order chi connectivity index (χ0) is 12.3. The topological polar surface area (TPSA) is 38.3 Å². The first kappa shape index (κ1) is 13.1. The normalized spacial score (nSPS) is 10.3. The van der Waals surface area contributed by atoms with Crippen LogP contribution < -0.4 is 10.1 Å². The molecule has 0 fully saturated rings. The summed E-state index contributed by atoms with van der Waals surface area (Å²) < 4.78 is 31.7. The van der Waals surface area contributed by atoms with E-state index in [-0.39, 0.29) is 22.3 Å². The van der Waals surface area contributed by atoms with Crippen LogP contribution in [0.1, 0.15) is 10.4 Å². The summed E-state index contributed by atoms with van der Waals surface area (Å²) in [6.45, 7) is -0.0941. The van der Waals surface area contributed by atoms with Crippen molar-refractivity contribution in [2.75, 3.05) is 20.7 Å². The molecular weight excluding hydrogens is 284 g/mol. The van der Waals surface area contributed by atoms with E-state index >= 15 is 0 Å². The van der Waals surface area contributed by atoms with Crippen molar-refractivity contribution in [3.8, 4) is 5.75 Å². The number of nitrogens with one attached hydrogen (secondary N) is 1. The van der Waals surface area contributed by atoms with Gasteiger partial charge in [-0.15, -0.1) is 0 Å². The molecule has 1 aromatic rings. The van der Waals surface area contributed by atoms with Crippen LogP contribution in [-0.4, -0.2) is 26.5 Å². The summed E-state index contributed by atoms with van der Waals surface area (Å²) >= 11 is 3.01. The number of hydrogen-bond acceptors (Lipinski definition) is 3. The van der Waals surface area contributed by atoms with E-state index in [0.717, 1.165) is 6.07 Å². The highest BCUT2D eigenvalue weighted by molar-refractivity contribution is 9.10. The number of halogens is 3. The Balaban J connectivity index is 3.38. The fourth-order valence-electron chi connectivity index (χ4n) is 1.28. The Kier molecular flexibility index (Phi) is 4.37. The van der Waals surface area contributed by atoms with E-state index < -0.39 is 17.4 Å². The molecule has 0 aliphatic heterocycles. The molecule has 1 N–H and O–H groups in total. The van der Waals surface area contributed by atoms with Gasteiger partial charge in [-0.1, -0.05) is 0 Å².